The van der Waals surface area contributed by atoms with Gasteiger partial charge in [-0.15, -0.1) is 0 Å². The first-order valence-electron chi connectivity index (χ1n) is 9.49. The lowest BCUT2D eigenvalue weighted by Crippen LogP contribution is -2.28. The molecule has 1 aliphatic heterocycles. The lowest BCUT2D eigenvalue weighted by Gasteiger charge is -2.18. The van der Waals surface area contributed by atoms with E-state index in [1.807, 2.05) is 24.3 Å². The van der Waals surface area contributed by atoms with Crippen LogP contribution in [0.25, 0.3) is 0 Å². The average molecular weight is 520 g/mol. The second-order valence-corrected chi connectivity index (χ2v) is 8.83. The van der Waals surface area contributed by atoms with E-state index < -0.39 is 5.92 Å². The summed E-state index contributed by atoms with van der Waals surface area (Å²) in [5.41, 5.74) is 1.14. The zero-order valence-corrected chi connectivity index (χ0v) is 19.2. The van der Waals surface area contributed by atoms with Gasteiger partial charge < -0.3 is 15.0 Å². The van der Waals surface area contributed by atoms with Crippen molar-refractivity contribution in [3.63, 3.8) is 0 Å². The summed E-state index contributed by atoms with van der Waals surface area (Å²) in [6, 6.07) is 19.5. The minimum atomic E-state index is -0.485. The summed E-state index contributed by atoms with van der Waals surface area (Å²) >= 11 is 15.6. The van der Waals surface area contributed by atoms with Crippen molar-refractivity contribution >= 4 is 62.3 Å². The highest BCUT2D eigenvalue weighted by Gasteiger charge is 2.36. The van der Waals surface area contributed by atoms with E-state index in [1.54, 1.807) is 42.5 Å². The molecule has 1 fully saturated rings. The van der Waals surface area contributed by atoms with Crippen LogP contribution in [0.4, 0.5) is 11.4 Å². The molecule has 1 N–H and O–H groups in total. The van der Waals surface area contributed by atoms with Crippen LogP contribution in [0.2, 0.25) is 10.0 Å². The lowest BCUT2D eigenvalue weighted by atomic mass is 10.1. The number of nitrogens with one attached hydrogen (secondary N) is 1. The maximum Gasteiger partial charge on any atom is 0.229 e. The Morgan fingerprint density at radius 1 is 1.00 bits per heavy atom. The van der Waals surface area contributed by atoms with Crippen LogP contribution in [-0.4, -0.2) is 18.4 Å². The first-order chi connectivity index (χ1) is 14.9. The number of rotatable bonds is 5. The zero-order valence-electron chi connectivity index (χ0n) is 16.1. The average Bonchev–Trinajstić information content (AvgIpc) is 3.14. The predicted molar refractivity (Wildman–Crippen MR) is 126 cm³/mol. The van der Waals surface area contributed by atoms with Crippen molar-refractivity contribution in [2.24, 2.45) is 5.92 Å². The Balaban J connectivity index is 1.38. The molecular formula is C23H17BrCl2N2O3. The number of hydrogen-bond acceptors (Lipinski definition) is 3. The molecule has 0 aliphatic carbocycles. The Hall–Kier alpha value is -2.54. The van der Waals surface area contributed by atoms with Gasteiger partial charge in [0.25, 0.3) is 0 Å². The summed E-state index contributed by atoms with van der Waals surface area (Å²) in [6.07, 6.45) is 0.111. The Morgan fingerprint density at radius 2 is 1.65 bits per heavy atom. The molecule has 3 aromatic carbocycles. The zero-order chi connectivity index (χ0) is 22.0. The highest BCUT2D eigenvalue weighted by molar-refractivity contribution is 9.10. The van der Waals surface area contributed by atoms with E-state index in [1.165, 1.54) is 4.90 Å². The molecule has 31 heavy (non-hydrogen) atoms. The molecule has 8 heteroatoms. The molecule has 0 saturated carbocycles. The van der Waals surface area contributed by atoms with Crippen LogP contribution in [0, 0.1) is 5.92 Å². The Kier molecular flexibility index (Phi) is 6.51. The summed E-state index contributed by atoms with van der Waals surface area (Å²) in [4.78, 5) is 26.7. The van der Waals surface area contributed by atoms with Crippen molar-refractivity contribution in [2.45, 2.75) is 6.42 Å². The highest BCUT2D eigenvalue weighted by atomic mass is 79.9. The van der Waals surface area contributed by atoms with Crippen molar-refractivity contribution < 1.29 is 14.3 Å². The van der Waals surface area contributed by atoms with Crippen molar-refractivity contribution in [3.05, 3.63) is 81.2 Å². The number of hydrogen-bond donors (Lipinski definition) is 1. The Bertz CT molecular complexity index is 1120. The van der Waals surface area contributed by atoms with Gasteiger partial charge in [-0.05, 0) is 66.7 Å². The van der Waals surface area contributed by atoms with Gasteiger partial charge in [0.2, 0.25) is 11.8 Å². The summed E-state index contributed by atoms with van der Waals surface area (Å²) < 4.78 is 6.75. The first-order valence-corrected chi connectivity index (χ1v) is 11.0. The van der Waals surface area contributed by atoms with Crippen LogP contribution < -0.4 is 15.0 Å². The Labute approximate surface area is 198 Å². The van der Waals surface area contributed by atoms with Crippen molar-refractivity contribution in [1.82, 2.24) is 0 Å². The van der Waals surface area contributed by atoms with Gasteiger partial charge in [-0.25, -0.2) is 0 Å². The first kappa shape index (κ1) is 21.7. The van der Waals surface area contributed by atoms with Crippen LogP contribution in [0.15, 0.2) is 71.2 Å². The van der Waals surface area contributed by atoms with Gasteiger partial charge in [0.05, 0.1) is 16.6 Å². The largest absolute Gasteiger partial charge is 0.457 e. The van der Waals surface area contributed by atoms with E-state index in [4.69, 9.17) is 27.9 Å². The van der Waals surface area contributed by atoms with E-state index in [9.17, 15) is 9.59 Å². The smallest absolute Gasteiger partial charge is 0.229 e. The number of anilines is 2. The van der Waals surface area contributed by atoms with E-state index in [2.05, 4.69) is 21.2 Å². The predicted octanol–water partition coefficient (Wildman–Crippen LogP) is 6.54. The third-order valence-corrected chi connectivity index (χ3v) is 5.95. The molecule has 1 atom stereocenters. The minimum Gasteiger partial charge on any atom is -0.457 e. The van der Waals surface area contributed by atoms with Crippen molar-refractivity contribution in [1.29, 1.82) is 0 Å². The number of carbonyl (C=O) groups excluding carboxylic acids is 2. The van der Waals surface area contributed by atoms with Gasteiger partial charge in [0, 0.05) is 28.1 Å². The third kappa shape index (κ3) is 5.21. The van der Waals surface area contributed by atoms with Crippen LogP contribution in [-0.2, 0) is 9.59 Å². The number of nitrogens with zero attached hydrogens (tertiary/aromatic N) is 1. The summed E-state index contributed by atoms with van der Waals surface area (Å²) in [5.74, 6) is 0.488. The van der Waals surface area contributed by atoms with Crippen molar-refractivity contribution in [3.8, 4) is 11.5 Å². The monoisotopic (exact) mass is 518 g/mol. The number of benzene rings is 3. The standard InChI is InChI=1S/C23H17BrCl2N2O3/c24-15-1-6-18(7-2-15)31-19-8-4-17(5-9-19)27-23(30)14-11-22(29)28(13-14)21-12-16(25)3-10-20(21)26/h1-10,12,14H,11,13H2,(H,27,30)/t14-/m1/s1. The van der Waals surface area contributed by atoms with Gasteiger partial charge in [-0.2, -0.15) is 0 Å². The van der Waals surface area contributed by atoms with E-state index in [-0.39, 0.29) is 24.8 Å². The molecule has 0 spiro atoms. The summed E-state index contributed by atoms with van der Waals surface area (Å²) in [7, 11) is 0. The molecule has 2 amide bonds. The van der Waals surface area contributed by atoms with Gasteiger partial charge in [-0.3, -0.25) is 9.59 Å². The molecule has 0 unspecified atom stereocenters. The number of ether oxygens (including phenoxy) is 1. The molecule has 0 aromatic heterocycles. The molecule has 5 nitrogen and oxygen atoms in total. The second kappa shape index (κ2) is 9.30. The lowest BCUT2D eigenvalue weighted by molar-refractivity contribution is -0.122. The maximum absolute atomic E-state index is 12.7. The Morgan fingerprint density at radius 3 is 2.32 bits per heavy atom. The van der Waals surface area contributed by atoms with Gasteiger partial charge in [0.15, 0.2) is 0 Å². The van der Waals surface area contributed by atoms with Crippen LogP contribution >= 0.6 is 39.1 Å². The normalized spacial score (nSPS) is 15.8. The molecule has 1 aliphatic rings. The van der Waals surface area contributed by atoms with Gasteiger partial charge >= 0.3 is 0 Å². The SMILES string of the molecule is O=C(Nc1ccc(Oc2ccc(Br)cc2)cc1)[C@@H]1CC(=O)N(c2cc(Cl)ccc2Cl)C1. The fraction of sp³-hybridized carbons (Fsp3) is 0.130. The van der Waals surface area contributed by atoms with E-state index in [0.29, 0.717) is 32.9 Å². The second-order valence-electron chi connectivity index (χ2n) is 7.07. The molecule has 0 radical (unpaired) electrons. The molecular weight excluding hydrogens is 503 g/mol. The van der Waals surface area contributed by atoms with Crippen LogP contribution in [0.1, 0.15) is 6.42 Å². The highest BCUT2D eigenvalue weighted by Crippen LogP contribution is 2.34. The fourth-order valence-electron chi connectivity index (χ4n) is 3.30. The van der Waals surface area contributed by atoms with Crippen LogP contribution in [0.3, 0.4) is 0 Å². The summed E-state index contributed by atoms with van der Waals surface area (Å²) in [5, 5.41) is 3.76. The minimum absolute atomic E-state index is 0.111. The third-order valence-electron chi connectivity index (χ3n) is 4.87. The quantitative estimate of drug-likeness (QED) is 0.416. The van der Waals surface area contributed by atoms with E-state index >= 15 is 0 Å². The molecule has 3 aromatic rings. The molecule has 158 valence electrons. The topological polar surface area (TPSA) is 58.6 Å². The molecule has 1 heterocycles. The van der Waals surface area contributed by atoms with E-state index in [0.717, 1.165) is 4.47 Å². The number of carbonyl (C=O) groups is 2. The maximum atomic E-state index is 12.7. The van der Waals surface area contributed by atoms with Crippen molar-refractivity contribution in [2.75, 3.05) is 16.8 Å². The fourth-order valence-corrected chi connectivity index (χ4v) is 3.95. The molecule has 4 rings (SSSR count). The molecule has 0 bridgehead atoms. The number of amides is 2. The summed E-state index contributed by atoms with van der Waals surface area (Å²) in [6.45, 7) is 0.246. The van der Waals surface area contributed by atoms with Crippen LogP contribution in [0.5, 0.6) is 11.5 Å². The number of halogens is 3. The van der Waals surface area contributed by atoms with Gasteiger partial charge in [0.1, 0.15) is 11.5 Å². The molecule has 1 saturated heterocycles. The van der Waals surface area contributed by atoms with Gasteiger partial charge in [-0.1, -0.05) is 39.1 Å².